The molecule has 0 bridgehead atoms. The van der Waals surface area contributed by atoms with Gasteiger partial charge in [0.25, 0.3) is 5.91 Å². The molecule has 0 fully saturated rings. The normalized spacial score (nSPS) is 10.6. The average Bonchev–Trinajstić information content (AvgIpc) is 2.39. The van der Waals surface area contributed by atoms with Gasteiger partial charge in [-0.1, -0.05) is 12.1 Å². The molecule has 3 N–H and O–H groups in total. The third kappa shape index (κ3) is 2.79. The number of hydrogen-bond donors (Lipinski definition) is 2. The van der Waals surface area contributed by atoms with Gasteiger partial charge in [0.15, 0.2) is 11.4 Å². The Morgan fingerprint density at radius 3 is 2.95 bits per heavy atom. The summed E-state index contributed by atoms with van der Waals surface area (Å²) in [5.41, 5.74) is 4.15. The lowest BCUT2D eigenvalue weighted by atomic mass is 10.1. The Bertz CT molecular complexity index is 666. The zero-order chi connectivity index (χ0) is 13.8. The molecule has 100 valence electrons. The number of carbonyl (C=O) groups excluding carboxylic acids is 1. The van der Waals surface area contributed by atoms with E-state index < -0.39 is 17.3 Å². The van der Waals surface area contributed by atoms with Crippen molar-refractivity contribution < 1.29 is 13.6 Å². The predicted octanol–water partition coefficient (Wildman–Crippen LogP) is 1.01. The van der Waals surface area contributed by atoms with Crippen LogP contribution in [0.25, 0.3) is 11.0 Å². The van der Waals surface area contributed by atoms with Gasteiger partial charge in [-0.3, -0.25) is 4.79 Å². The Morgan fingerprint density at radius 1 is 1.42 bits per heavy atom. The van der Waals surface area contributed by atoms with E-state index in [1.807, 2.05) is 0 Å². The van der Waals surface area contributed by atoms with E-state index in [1.54, 1.807) is 6.07 Å². The van der Waals surface area contributed by atoms with E-state index in [-0.39, 0.29) is 11.1 Å². The first-order chi connectivity index (χ1) is 9.13. The van der Waals surface area contributed by atoms with E-state index in [2.05, 4.69) is 5.32 Å². The summed E-state index contributed by atoms with van der Waals surface area (Å²) in [5.74, 6) is -1.18. The molecule has 0 saturated heterocycles. The molecule has 1 heterocycles. The highest BCUT2D eigenvalue weighted by atomic mass is 19.1. The molecule has 0 spiro atoms. The van der Waals surface area contributed by atoms with Crippen molar-refractivity contribution >= 4 is 16.9 Å². The quantitative estimate of drug-likeness (QED) is 0.637. The number of carbonyl (C=O) groups is 1. The fraction of sp³-hybridized carbons (Fsp3) is 0.231. The average molecular weight is 264 g/mol. The van der Waals surface area contributed by atoms with Crippen molar-refractivity contribution in [3.05, 3.63) is 46.1 Å². The highest BCUT2D eigenvalue weighted by Crippen LogP contribution is 2.16. The monoisotopic (exact) mass is 264 g/mol. The number of rotatable bonds is 4. The van der Waals surface area contributed by atoms with E-state index >= 15 is 0 Å². The Balaban J connectivity index is 2.36. The van der Waals surface area contributed by atoms with Crippen LogP contribution in [0.3, 0.4) is 0 Å². The van der Waals surface area contributed by atoms with Crippen molar-refractivity contribution in [1.82, 2.24) is 5.32 Å². The van der Waals surface area contributed by atoms with Crippen molar-refractivity contribution in [3.8, 4) is 0 Å². The lowest BCUT2D eigenvalue weighted by Gasteiger charge is -2.04. The topological polar surface area (TPSA) is 85.3 Å². The van der Waals surface area contributed by atoms with Crippen LogP contribution in [0.5, 0.6) is 0 Å². The molecule has 6 heteroatoms. The summed E-state index contributed by atoms with van der Waals surface area (Å²) in [6, 6.07) is 5.56. The largest absolute Gasteiger partial charge is 0.419 e. The number of hydrogen-bond acceptors (Lipinski definition) is 4. The van der Waals surface area contributed by atoms with Crippen LogP contribution < -0.4 is 16.7 Å². The van der Waals surface area contributed by atoms with E-state index in [0.29, 0.717) is 24.9 Å². The van der Waals surface area contributed by atoms with Crippen LogP contribution in [-0.4, -0.2) is 19.0 Å². The maximum atomic E-state index is 13.4. The van der Waals surface area contributed by atoms with Gasteiger partial charge in [-0.2, -0.15) is 0 Å². The molecule has 1 aromatic carbocycles. The van der Waals surface area contributed by atoms with E-state index in [0.717, 1.165) is 0 Å². The first-order valence-corrected chi connectivity index (χ1v) is 5.84. The van der Waals surface area contributed by atoms with Gasteiger partial charge < -0.3 is 15.5 Å². The summed E-state index contributed by atoms with van der Waals surface area (Å²) in [6.07, 6.45) is 0.610. The molecular weight excluding hydrogens is 251 g/mol. The molecule has 19 heavy (non-hydrogen) atoms. The molecule has 0 radical (unpaired) electrons. The molecule has 0 saturated carbocycles. The summed E-state index contributed by atoms with van der Waals surface area (Å²) in [6.45, 7) is 0.813. The van der Waals surface area contributed by atoms with Crippen LogP contribution in [0.4, 0.5) is 4.39 Å². The second-order valence-corrected chi connectivity index (χ2v) is 4.00. The Hall–Kier alpha value is -2.21. The van der Waals surface area contributed by atoms with E-state index in [4.69, 9.17) is 10.2 Å². The predicted molar refractivity (Wildman–Crippen MR) is 68.4 cm³/mol. The smallest absolute Gasteiger partial charge is 0.349 e. The number of para-hydroxylation sites is 1. The van der Waals surface area contributed by atoms with Gasteiger partial charge in [0, 0.05) is 11.9 Å². The minimum Gasteiger partial charge on any atom is -0.419 e. The van der Waals surface area contributed by atoms with Crippen LogP contribution in [-0.2, 0) is 0 Å². The molecule has 0 aliphatic carbocycles. The fourth-order valence-corrected chi connectivity index (χ4v) is 1.67. The summed E-state index contributed by atoms with van der Waals surface area (Å²) in [5, 5.41) is 2.91. The molecule has 5 nitrogen and oxygen atoms in total. The zero-order valence-corrected chi connectivity index (χ0v) is 10.1. The minimum absolute atomic E-state index is 0.143. The molecule has 1 aromatic heterocycles. The molecule has 0 atom stereocenters. The van der Waals surface area contributed by atoms with E-state index in [1.165, 1.54) is 18.2 Å². The number of nitrogens with one attached hydrogen (secondary N) is 1. The van der Waals surface area contributed by atoms with Crippen molar-refractivity contribution in [2.24, 2.45) is 5.73 Å². The second-order valence-electron chi connectivity index (χ2n) is 4.00. The van der Waals surface area contributed by atoms with Crippen LogP contribution >= 0.6 is 0 Å². The van der Waals surface area contributed by atoms with Crippen LogP contribution in [0.2, 0.25) is 0 Å². The van der Waals surface area contributed by atoms with Crippen molar-refractivity contribution in [3.63, 3.8) is 0 Å². The first kappa shape index (κ1) is 13.2. The molecule has 1 amide bonds. The second kappa shape index (κ2) is 5.62. The molecular formula is C13H13FN2O3. The maximum Gasteiger partial charge on any atom is 0.349 e. The molecule has 2 aromatic rings. The van der Waals surface area contributed by atoms with Gasteiger partial charge in [0.05, 0.1) is 0 Å². The van der Waals surface area contributed by atoms with Gasteiger partial charge >= 0.3 is 5.63 Å². The number of amides is 1. The molecule has 2 rings (SSSR count). The van der Waals surface area contributed by atoms with Crippen LogP contribution in [0.15, 0.2) is 33.5 Å². The van der Waals surface area contributed by atoms with Crippen molar-refractivity contribution in [2.45, 2.75) is 6.42 Å². The Morgan fingerprint density at radius 2 is 2.21 bits per heavy atom. The van der Waals surface area contributed by atoms with Gasteiger partial charge in [-0.15, -0.1) is 0 Å². The summed E-state index contributed by atoms with van der Waals surface area (Å²) in [7, 11) is 0. The highest BCUT2D eigenvalue weighted by Gasteiger charge is 2.14. The molecule has 0 aliphatic rings. The molecule has 0 unspecified atom stereocenters. The van der Waals surface area contributed by atoms with Crippen molar-refractivity contribution in [2.75, 3.05) is 13.1 Å². The fourth-order valence-electron chi connectivity index (χ4n) is 1.67. The minimum atomic E-state index is -0.858. The Labute approximate surface area is 108 Å². The van der Waals surface area contributed by atoms with Crippen LogP contribution in [0, 0.1) is 5.82 Å². The summed E-state index contributed by atoms with van der Waals surface area (Å²) in [4.78, 5) is 23.4. The highest BCUT2D eigenvalue weighted by molar-refractivity contribution is 5.96. The van der Waals surface area contributed by atoms with Gasteiger partial charge in [-0.05, 0) is 25.1 Å². The lowest BCUT2D eigenvalue weighted by Crippen LogP contribution is -2.30. The lowest BCUT2D eigenvalue weighted by molar-refractivity contribution is 0.0950. The van der Waals surface area contributed by atoms with Gasteiger partial charge in [0.2, 0.25) is 0 Å². The maximum absolute atomic E-state index is 13.4. The molecule has 0 aliphatic heterocycles. The standard InChI is InChI=1S/C13H13FN2O3/c14-10-4-1-3-8-7-9(13(18)19-11(8)10)12(17)16-6-2-5-15/h1,3-4,7H,2,5-6,15H2,(H,16,17). The van der Waals surface area contributed by atoms with E-state index in [9.17, 15) is 14.0 Å². The number of nitrogens with two attached hydrogens (primary N) is 1. The van der Waals surface area contributed by atoms with Crippen LogP contribution in [0.1, 0.15) is 16.8 Å². The Kier molecular flexibility index (Phi) is 3.91. The van der Waals surface area contributed by atoms with Gasteiger partial charge in [0.1, 0.15) is 5.56 Å². The summed E-state index contributed by atoms with van der Waals surface area (Å²) < 4.78 is 18.2. The first-order valence-electron chi connectivity index (χ1n) is 5.84. The van der Waals surface area contributed by atoms with Gasteiger partial charge in [-0.25, -0.2) is 9.18 Å². The number of halogens is 1. The third-order valence-corrected chi connectivity index (χ3v) is 2.62. The zero-order valence-electron chi connectivity index (χ0n) is 10.1. The summed E-state index contributed by atoms with van der Waals surface area (Å²) >= 11 is 0. The SMILES string of the molecule is NCCCNC(=O)c1cc2cccc(F)c2oc1=O. The third-order valence-electron chi connectivity index (χ3n) is 2.62. The van der Waals surface area contributed by atoms with Crippen molar-refractivity contribution in [1.29, 1.82) is 0 Å². The number of benzene rings is 1. The number of fused-ring (bicyclic) bond motifs is 1.